The Balaban J connectivity index is 2.58. The zero-order valence-electron chi connectivity index (χ0n) is 12.9. The van der Waals surface area contributed by atoms with E-state index >= 15 is 0 Å². The molecule has 0 aliphatic carbocycles. The van der Waals surface area contributed by atoms with E-state index in [0.29, 0.717) is 23.6 Å². The fourth-order valence-corrected chi connectivity index (χ4v) is 2.76. The van der Waals surface area contributed by atoms with Crippen molar-refractivity contribution in [3.8, 4) is 12.1 Å². The maximum atomic E-state index is 9.40. The second-order valence-corrected chi connectivity index (χ2v) is 5.54. The Morgan fingerprint density at radius 3 is 2.57 bits per heavy atom. The monoisotopic (exact) mass is 370 g/mol. The van der Waals surface area contributed by atoms with Crippen molar-refractivity contribution in [2.24, 2.45) is 4.99 Å². The molecule has 1 aromatic heterocycles. The highest BCUT2D eigenvalue weighted by atomic mass is 79.9. The smallest absolute Gasteiger partial charge is 0.176 e. The number of aromatic nitrogens is 1. The van der Waals surface area contributed by atoms with Gasteiger partial charge in [0.2, 0.25) is 0 Å². The van der Waals surface area contributed by atoms with Crippen molar-refractivity contribution in [3.63, 3.8) is 0 Å². The summed E-state index contributed by atoms with van der Waals surface area (Å²) in [6, 6.07) is 12.1. The van der Waals surface area contributed by atoms with Crippen LogP contribution in [0.5, 0.6) is 0 Å². The van der Waals surface area contributed by atoms with Gasteiger partial charge in [0.15, 0.2) is 12.2 Å². The molecule has 0 fully saturated rings. The van der Waals surface area contributed by atoms with Gasteiger partial charge in [0.05, 0.1) is 13.2 Å². The molecule has 2 aromatic rings. The second kappa shape index (κ2) is 7.62. The summed E-state index contributed by atoms with van der Waals surface area (Å²) in [5.74, 6) is 0.410. The average molecular weight is 371 g/mol. The lowest BCUT2D eigenvalue weighted by atomic mass is 10.1. The lowest BCUT2D eigenvalue weighted by Crippen LogP contribution is -2.02. The summed E-state index contributed by atoms with van der Waals surface area (Å²) in [5, 5.41) is 18.7. The van der Waals surface area contributed by atoms with Crippen LogP contribution in [0.3, 0.4) is 0 Å². The molecular weight excluding hydrogens is 356 g/mol. The highest BCUT2D eigenvalue weighted by Crippen LogP contribution is 2.33. The van der Waals surface area contributed by atoms with Crippen molar-refractivity contribution in [2.75, 3.05) is 6.61 Å². The highest BCUT2D eigenvalue weighted by molar-refractivity contribution is 9.10. The quantitative estimate of drug-likeness (QED) is 0.588. The van der Waals surface area contributed by atoms with Crippen LogP contribution < -0.4 is 0 Å². The molecular formula is C17H15BrN4O. The van der Waals surface area contributed by atoms with E-state index in [1.54, 1.807) is 4.57 Å². The first-order chi connectivity index (χ1) is 11.1. The molecule has 23 heavy (non-hydrogen) atoms. The number of hydrogen-bond donors (Lipinski definition) is 0. The van der Waals surface area contributed by atoms with Crippen molar-refractivity contribution < 1.29 is 4.74 Å². The van der Waals surface area contributed by atoms with Gasteiger partial charge in [-0.15, -0.1) is 0 Å². The molecule has 0 spiro atoms. The van der Waals surface area contributed by atoms with Crippen LogP contribution >= 0.6 is 15.9 Å². The van der Waals surface area contributed by atoms with Gasteiger partial charge in [-0.3, -0.25) is 0 Å². The van der Waals surface area contributed by atoms with Crippen LogP contribution in [0.15, 0.2) is 33.9 Å². The first-order valence-electron chi connectivity index (χ1n) is 7.04. The summed E-state index contributed by atoms with van der Waals surface area (Å²) in [6.45, 7) is 4.85. The minimum absolute atomic E-state index is 0.240. The van der Waals surface area contributed by atoms with Crippen molar-refractivity contribution in [3.05, 3.63) is 51.1 Å². The molecule has 1 aromatic carbocycles. The molecule has 1 heterocycles. The first kappa shape index (κ1) is 16.8. The van der Waals surface area contributed by atoms with Crippen LogP contribution in [0.2, 0.25) is 0 Å². The van der Waals surface area contributed by atoms with E-state index in [0.717, 1.165) is 11.1 Å². The summed E-state index contributed by atoms with van der Waals surface area (Å²) in [7, 11) is 0. The number of aliphatic imine (C=N–C) groups is 1. The minimum Gasteiger partial charge on any atom is -0.483 e. The molecule has 0 aliphatic rings. The number of nitrogens with zero attached hydrogens (tertiary/aromatic N) is 4. The molecule has 116 valence electrons. The van der Waals surface area contributed by atoms with Gasteiger partial charge in [0.1, 0.15) is 27.9 Å². The molecule has 0 radical (unpaired) electrons. The lowest BCUT2D eigenvalue weighted by Gasteiger charge is -2.10. The van der Waals surface area contributed by atoms with Crippen LogP contribution in [0, 0.1) is 29.6 Å². The maximum Gasteiger partial charge on any atom is 0.176 e. The Kier molecular flexibility index (Phi) is 5.56. The fraction of sp³-hybridized carbons (Fsp3) is 0.235. The number of nitriles is 2. The van der Waals surface area contributed by atoms with Gasteiger partial charge < -0.3 is 9.30 Å². The summed E-state index contributed by atoms with van der Waals surface area (Å²) in [6.07, 6.45) is 1.30. The molecule has 5 nitrogen and oxygen atoms in total. The molecule has 0 unspecified atom stereocenters. The van der Waals surface area contributed by atoms with Crippen LogP contribution in [0.25, 0.3) is 0 Å². The average Bonchev–Trinajstić information content (AvgIpc) is 2.81. The van der Waals surface area contributed by atoms with Crippen molar-refractivity contribution in [2.45, 2.75) is 20.4 Å². The number of benzene rings is 1. The Labute approximate surface area is 143 Å². The Morgan fingerprint density at radius 1 is 1.26 bits per heavy atom. The van der Waals surface area contributed by atoms with E-state index < -0.39 is 0 Å². The number of hydrogen-bond acceptors (Lipinski definition) is 4. The zero-order valence-corrected chi connectivity index (χ0v) is 14.5. The predicted molar refractivity (Wildman–Crippen MR) is 91.6 cm³/mol. The summed E-state index contributed by atoms with van der Waals surface area (Å²) < 4.78 is 7.48. The van der Waals surface area contributed by atoms with Crippen LogP contribution in [-0.2, 0) is 11.3 Å². The fourth-order valence-electron chi connectivity index (χ4n) is 2.18. The van der Waals surface area contributed by atoms with E-state index in [1.807, 2.05) is 38.1 Å². The molecule has 0 bridgehead atoms. The third-order valence-corrected chi connectivity index (χ3v) is 4.23. The number of aryl methyl sites for hydroxylation is 1. The summed E-state index contributed by atoms with van der Waals surface area (Å²) in [5.41, 5.74) is 2.74. The Bertz CT molecular complexity index is 824. The zero-order chi connectivity index (χ0) is 16.8. The normalized spacial score (nSPS) is 10.5. The molecule has 2 rings (SSSR count). The first-order valence-corrected chi connectivity index (χ1v) is 7.84. The standard InChI is InChI=1S/C17H15BrN4O/c1-3-23-11-21-17-15(9-20)14(8-19)16(18)22(17)10-13-7-5-4-6-12(13)2/h4-7,11H,3,10H2,1-2H3/b21-11+. The van der Waals surface area contributed by atoms with Crippen molar-refractivity contribution >= 4 is 28.1 Å². The van der Waals surface area contributed by atoms with E-state index in [4.69, 9.17) is 4.74 Å². The minimum atomic E-state index is 0.240. The summed E-state index contributed by atoms with van der Waals surface area (Å²) >= 11 is 3.42. The number of ether oxygens (including phenoxy) is 1. The van der Waals surface area contributed by atoms with E-state index in [-0.39, 0.29) is 11.1 Å². The van der Waals surface area contributed by atoms with E-state index in [1.165, 1.54) is 6.40 Å². The van der Waals surface area contributed by atoms with Crippen LogP contribution in [0.4, 0.5) is 5.82 Å². The van der Waals surface area contributed by atoms with E-state index in [2.05, 4.69) is 33.1 Å². The third kappa shape index (κ3) is 3.44. The van der Waals surface area contributed by atoms with Crippen molar-refractivity contribution in [1.82, 2.24) is 4.57 Å². The van der Waals surface area contributed by atoms with Gasteiger partial charge in [0.25, 0.3) is 0 Å². The van der Waals surface area contributed by atoms with Gasteiger partial charge in [0, 0.05) is 0 Å². The Hall–Kier alpha value is -2.57. The third-order valence-electron chi connectivity index (χ3n) is 3.40. The van der Waals surface area contributed by atoms with Gasteiger partial charge in [-0.2, -0.15) is 10.5 Å². The molecule has 0 saturated heterocycles. The van der Waals surface area contributed by atoms with Crippen LogP contribution in [0.1, 0.15) is 29.2 Å². The molecule has 0 aliphatic heterocycles. The predicted octanol–water partition coefficient (Wildman–Crippen LogP) is 4.05. The van der Waals surface area contributed by atoms with Gasteiger partial charge in [-0.25, -0.2) is 4.99 Å². The molecule has 0 saturated carbocycles. The van der Waals surface area contributed by atoms with Gasteiger partial charge in [-0.05, 0) is 40.9 Å². The molecule has 6 heteroatoms. The number of halogens is 1. The maximum absolute atomic E-state index is 9.40. The molecule has 0 amide bonds. The largest absolute Gasteiger partial charge is 0.483 e. The summed E-state index contributed by atoms with van der Waals surface area (Å²) in [4.78, 5) is 4.23. The SMILES string of the molecule is CCO/C=N/c1c(C#N)c(C#N)c(Br)n1Cc1ccccc1C. The molecule has 0 atom stereocenters. The van der Waals surface area contributed by atoms with Crippen molar-refractivity contribution in [1.29, 1.82) is 10.5 Å². The van der Waals surface area contributed by atoms with Gasteiger partial charge >= 0.3 is 0 Å². The highest BCUT2D eigenvalue weighted by Gasteiger charge is 2.21. The molecule has 0 N–H and O–H groups in total. The number of rotatable bonds is 5. The van der Waals surface area contributed by atoms with Crippen LogP contribution in [-0.4, -0.2) is 17.6 Å². The van der Waals surface area contributed by atoms with Gasteiger partial charge in [-0.1, -0.05) is 24.3 Å². The second-order valence-electron chi connectivity index (χ2n) is 4.79. The Morgan fingerprint density at radius 2 is 1.96 bits per heavy atom. The topological polar surface area (TPSA) is 74.1 Å². The van der Waals surface area contributed by atoms with E-state index in [9.17, 15) is 10.5 Å². The lowest BCUT2D eigenvalue weighted by molar-refractivity contribution is 0.343.